The second-order valence-electron chi connectivity index (χ2n) is 2.52. The van der Waals surface area contributed by atoms with Gasteiger partial charge in [-0.3, -0.25) is 4.99 Å². The Labute approximate surface area is 70.1 Å². The number of aliphatic imine (C=N–C) groups is 1. The highest BCUT2D eigenvalue weighted by atomic mass is 32.1. The van der Waals surface area contributed by atoms with Gasteiger partial charge in [-0.25, -0.2) is 4.37 Å². The monoisotopic (exact) mass is 169 g/mol. The van der Waals surface area contributed by atoms with Gasteiger partial charge in [-0.2, -0.15) is 0 Å². The standard InChI is InChI=1S/C7H11N3S/c1-5(2)10-7(8)6-3-9-11-4-6/h3-5H,1-2H3,(H2,8,10). The Morgan fingerprint density at radius 1 is 1.73 bits per heavy atom. The van der Waals surface area contributed by atoms with Crippen LogP contribution in [0.25, 0.3) is 0 Å². The quantitative estimate of drug-likeness (QED) is 0.535. The van der Waals surface area contributed by atoms with E-state index in [1.807, 2.05) is 19.2 Å². The minimum atomic E-state index is 0.245. The molecular weight excluding hydrogens is 158 g/mol. The fraction of sp³-hybridized carbons (Fsp3) is 0.429. The van der Waals surface area contributed by atoms with Gasteiger partial charge in [0.2, 0.25) is 0 Å². The van der Waals surface area contributed by atoms with E-state index in [0.717, 1.165) is 5.56 Å². The van der Waals surface area contributed by atoms with Crippen LogP contribution >= 0.6 is 11.5 Å². The summed E-state index contributed by atoms with van der Waals surface area (Å²) in [6.07, 6.45) is 1.73. The molecule has 0 aliphatic heterocycles. The van der Waals surface area contributed by atoms with Gasteiger partial charge in [0.05, 0.1) is 6.20 Å². The minimum absolute atomic E-state index is 0.245. The van der Waals surface area contributed by atoms with Crippen molar-refractivity contribution in [1.29, 1.82) is 0 Å². The van der Waals surface area contributed by atoms with E-state index in [1.165, 1.54) is 11.5 Å². The molecule has 4 heteroatoms. The van der Waals surface area contributed by atoms with Crippen molar-refractivity contribution in [3.05, 3.63) is 17.1 Å². The van der Waals surface area contributed by atoms with Gasteiger partial charge in [0.1, 0.15) is 5.84 Å². The van der Waals surface area contributed by atoms with Crippen molar-refractivity contribution < 1.29 is 0 Å². The predicted molar refractivity (Wildman–Crippen MR) is 48.0 cm³/mol. The predicted octanol–water partition coefficient (Wildman–Crippen LogP) is 1.26. The summed E-state index contributed by atoms with van der Waals surface area (Å²) < 4.78 is 3.93. The van der Waals surface area contributed by atoms with Crippen LogP contribution in [0.2, 0.25) is 0 Å². The van der Waals surface area contributed by atoms with Crippen molar-refractivity contribution in [3.8, 4) is 0 Å². The Balaban J connectivity index is 2.77. The molecule has 0 bridgehead atoms. The second-order valence-corrected chi connectivity index (χ2v) is 3.18. The van der Waals surface area contributed by atoms with Crippen LogP contribution in [0.4, 0.5) is 0 Å². The Morgan fingerprint density at radius 2 is 2.45 bits per heavy atom. The number of hydrogen-bond donors (Lipinski definition) is 1. The number of nitrogens with two attached hydrogens (primary N) is 1. The lowest BCUT2D eigenvalue weighted by atomic mass is 10.3. The molecule has 1 aromatic heterocycles. The van der Waals surface area contributed by atoms with Crippen molar-refractivity contribution >= 4 is 17.4 Å². The first kappa shape index (κ1) is 8.20. The molecule has 0 unspecified atom stereocenters. The molecule has 0 radical (unpaired) electrons. The normalized spacial score (nSPS) is 12.5. The van der Waals surface area contributed by atoms with Crippen LogP contribution < -0.4 is 5.73 Å². The minimum Gasteiger partial charge on any atom is -0.383 e. The Kier molecular flexibility index (Phi) is 2.59. The summed E-state index contributed by atoms with van der Waals surface area (Å²) >= 11 is 1.38. The van der Waals surface area contributed by atoms with E-state index in [4.69, 9.17) is 5.73 Å². The topological polar surface area (TPSA) is 51.3 Å². The van der Waals surface area contributed by atoms with Gasteiger partial charge in [0.15, 0.2) is 0 Å². The first-order valence-corrected chi connectivity index (χ1v) is 4.27. The number of rotatable bonds is 2. The van der Waals surface area contributed by atoms with Gasteiger partial charge in [-0.05, 0) is 25.4 Å². The van der Waals surface area contributed by atoms with Gasteiger partial charge < -0.3 is 5.73 Å². The van der Waals surface area contributed by atoms with Crippen LogP contribution in [0.1, 0.15) is 19.4 Å². The molecule has 0 amide bonds. The Morgan fingerprint density at radius 3 is 2.91 bits per heavy atom. The number of nitrogens with zero attached hydrogens (tertiary/aromatic N) is 2. The summed E-state index contributed by atoms with van der Waals surface area (Å²) in [7, 11) is 0. The average molecular weight is 169 g/mol. The molecule has 2 N–H and O–H groups in total. The lowest BCUT2D eigenvalue weighted by Gasteiger charge is -1.98. The third kappa shape index (κ3) is 2.31. The smallest absolute Gasteiger partial charge is 0.128 e. The van der Waals surface area contributed by atoms with Crippen LogP contribution in [0.5, 0.6) is 0 Å². The zero-order chi connectivity index (χ0) is 8.27. The molecule has 0 fully saturated rings. The maximum absolute atomic E-state index is 5.66. The molecule has 0 saturated heterocycles. The molecule has 1 rings (SSSR count). The molecule has 0 aromatic carbocycles. The SMILES string of the molecule is CC(C)N=C(N)c1cnsc1. The number of amidine groups is 1. The Hall–Kier alpha value is -0.900. The summed E-state index contributed by atoms with van der Waals surface area (Å²) in [4.78, 5) is 4.18. The molecule has 0 aliphatic carbocycles. The molecule has 0 spiro atoms. The summed E-state index contributed by atoms with van der Waals surface area (Å²) in [6, 6.07) is 0.245. The lowest BCUT2D eigenvalue weighted by molar-refractivity contribution is 0.834. The van der Waals surface area contributed by atoms with Gasteiger partial charge in [-0.15, -0.1) is 0 Å². The van der Waals surface area contributed by atoms with Crippen LogP contribution in [0, 0.1) is 0 Å². The molecule has 1 aromatic rings. The largest absolute Gasteiger partial charge is 0.383 e. The molecule has 60 valence electrons. The van der Waals surface area contributed by atoms with Crippen LogP contribution in [-0.4, -0.2) is 16.3 Å². The lowest BCUT2D eigenvalue weighted by Crippen LogP contribution is -2.14. The Bertz CT molecular complexity index is 238. The van der Waals surface area contributed by atoms with Gasteiger partial charge in [-0.1, -0.05) is 0 Å². The van der Waals surface area contributed by atoms with E-state index < -0.39 is 0 Å². The zero-order valence-corrected chi connectivity index (χ0v) is 7.43. The van der Waals surface area contributed by atoms with Crippen LogP contribution in [0.15, 0.2) is 16.6 Å². The third-order valence-corrected chi connectivity index (χ3v) is 1.71. The number of aromatic nitrogens is 1. The summed E-state index contributed by atoms with van der Waals surface area (Å²) in [5.41, 5.74) is 6.58. The molecule has 0 aliphatic rings. The molecule has 11 heavy (non-hydrogen) atoms. The van der Waals surface area contributed by atoms with Crippen molar-refractivity contribution in [1.82, 2.24) is 4.37 Å². The van der Waals surface area contributed by atoms with Gasteiger partial charge in [0, 0.05) is 17.0 Å². The van der Waals surface area contributed by atoms with Crippen molar-refractivity contribution in [2.24, 2.45) is 10.7 Å². The highest BCUT2D eigenvalue weighted by Crippen LogP contribution is 2.01. The molecule has 1 heterocycles. The van der Waals surface area contributed by atoms with Crippen LogP contribution in [0.3, 0.4) is 0 Å². The highest BCUT2D eigenvalue weighted by molar-refractivity contribution is 7.03. The first-order chi connectivity index (χ1) is 5.20. The fourth-order valence-electron chi connectivity index (χ4n) is 0.684. The first-order valence-electron chi connectivity index (χ1n) is 3.43. The highest BCUT2D eigenvalue weighted by Gasteiger charge is 1.99. The van der Waals surface area contributed by atoms with E-state index in [9.17, 15) is 0 Å². The zero-order valence-electron chi connectivity index (χ0n) is 6.61. The molecule has 0 atom stereocenters. The van der Waals surface area contributed by atoms with E-state index >= 15 is 0 Å². The second kappa shape index (κ2) is 3.48. The van der Waals surface area contributed by atoms with E-state index in [1.54, 1.807) is 6.20 Å². The van der Waals surface area contributed by atoms with Crippen LogP contribution in [-0.2, 0) is 0 Å². The van der Waals surface area contributed by atoms with E-state index in [2.05, 4.69) is 9.37 Å². The maximum atomic E-state index is 5.66. The molecule has 3 nitrogen and oxygen atoms in total. The van der Waals surface area contributed by atoms with Gasteiger partial charge in [0.25, 0.3) is 0 Å². The van der Waals surface area contributed by atoms with Crippen molar-refractivity contribution in [2.45, 2.75) is 19.9 Å². The molecular formula is C7H11N3S. The van der Waals surface area contributed by atoms with E-state index in [0.29, 0.717) is 5.84 Å². The van der Waals surface area contributed by atoms with Crippen molar-refractivity contribution in [2.75, 3.05) is 0 Å². The average Bonchev–Trinajstić information content (AvgIpc) is 2.35. The molecule has 0 saturated carbocycles. The van der Waals surface area contributed by atoms with Crippen molar-refractivity contribution in [3.63, 3.8) is 0 Å². The number of hydrogen-bond acceptors (Lipinski definition) is 3. The summed E-state index contributed by atoms with van der Waals surface area (Å²) in [5.74, 6) is 0.578. The maximum Gasteiger partial charge on any atom is 0.128 e. The summed E-state index contributed by atoms with van der Waals surface area (Å²) in [5, 5.41) is 1.89. The van der Waals surface area contributed by atoms with E-state index in [-0.39, 0.29) is 6.04 Å². The van der Waals surface area contributed by atoms with Gasteiger partial charge >= 0.3 is 0 Å². The summed E-state index contributed by atoms with van der Waals surface area (Å²) in [6.45, 7) is 3.99. The fourth-order valence-corrected chi connectivity index (χ4v) is 1.21. The third-order valence-electron chi connectivity index (χ3n) is 1.13.